The molecule has 4 heteroatoms. The van der Waals surface area contributed by atoms with Gasteiger partial charge in [-0.25, -0.2) is 4.68 Å². The van der Waals surface area contributed by atoms with Crippen molar-refractivity contribution in [2.24, 2.45) is 0 Å². The van der Waals surface area contributed by atoms with Crippen LogP contribution in [0.2, 0.25) is 0 Å². The third-order valence-corrected chi connectivity index (χ3v) is 6.00. The minimum absolute atomic E-state index is 0.819. The first-order valence-corrected chi connectivity index (χ1v) is 10.9. The maximum absolute atomic E-state index is 5.33. The predicted molar refractivity (Wildman–Crippen MR) is 134 cm³/mol. The molecule has 0 aliphatic carbocycles. The summed E-state index contributed by atoms with van der Waals surface area (Å²) in [6, 6.07) is 33.3. The lowest BCUT2D eigenvalue weighted by atomic mass is 9.95. The molecule has 158 valence electrons. The van der Waals surface area contributed by atoms with Gasteiger partial charge in [0.15, 0.2) is 0 Å². The summed E-state index contributed by atoms with van der Waals surface area (Å²) in [7, 11) is 1.67. The SMILES string of the molecule is COc1ccc(-n2ncc3cnc4c(-c5ccccc5)cc(-c5ccccc5)cc4c32)cc1. The Hall–Kier alpha value is -4.44. The highest BCUT2D eigenvalue weighted by Gasteiger charge is 2.15. The molecule has 0 fully saturated rings. The average molecular weight is 428 g/mol. The number of hydrogen-bond donors (Lipinski definition) is 0. The molecule has 0 aliphatic rings. The first-order valence-electron chi connectivity index (χ1n) is 10.9. The first-order chi connectivity index (χ1) is 16.3. The number of pyridine rings is 1. The smallest absolute Gasteiger partial charge is 0.119 e. The molecule has 2 aromatic heterocycles. The summed E-state index contributed by atoms with van der Waals surface area (Å²) in [6.07, 6.45) is 3.79. The van der Waals surface area contributed by atoms with Crippen LogP contribution >= 0.6 is 0 Å². The lowest BCUT2D eigenvalue weighted by Gasteiger charge is -2.13. The van der Waals surface area contributed by atoms with Crippen LogP contribution in [0.15, 0.2) is 109 Å². The minimum Gasteiger partial charge on any atom is -0.497 e. The molecule has 0 bridgehead atoms. The minimum atomic E-state index is 0.819. The maximum Gasteiger partial charge on any atom is 0.119 e. The van der Waals surface area contributed by atoms with Gasteiger partial charge in [0.1, 0.15) is 5.75 Å². The van der Waals surface area contributed by atoms with Gasteiger partial charge in [0, 0.05) is 22.5 Å². The van der Waals surface area contributed by atoms with Gasteiger partial charge >= 0.3 is 0 Å². The molecule has 0 aliphatic heterocycles. The Balaban J connectivity index is 1.69. The summed E-state index contributed by atoms with van der Waals surface area (Å²) in [6.45, 7) is 0. The molecule has 33 heavy (non-hydrogen) atoms. The maximum atomic E-state index is 5.33. The third-order valence-electron chi connectivity index (χ3n) is 6.00. The molecule has 0 N–H and O–H groups in total. The van der Waals surface area contributed by atoms with E-state index < -0.39 is 0 Å². The number of benzene rings is 4. The molecule has 0 amide bonds. The number of ether oxygens (including phenoxy) is 1. The molecule has 6 aromatic rings. The van der Waals surface area contributed by atoms with Crippen molar-refractivity contribution in [3.05, 3.63) is 109 Å². The summed E-state index contributed by atoms with van der Waals surface area (Å²) in [5, 5.41) is 6.78. The normalized spacial score (nSPS) is 11.2. The quantitative estimate of drug-likeness (QED) is 0.307. The molecule has 0 saturated heterocycles. The summed E-state index contributed by atoms with van der Waals surface area (Å²) in [4.78, 5) is 4.88. The number of methoxy groups -OCH3 is 1. The summed E-state index contributed by atoms with van der Waals surface area (Å²) >= 11 is 0. The predicted octanol–water partition coefficient (Wildman–Crippen LogP) is 6.92. The zero-order valence-corrected chi connectivity index (χ0v) is 18.1. The van der Waals surface area contributed by atoms with E-state index in [1.807, 2.05) is 53.5 Å². The van der Waals surface area contributed by atoms with Gasteiger partial charge in [-0.2, -0.15) is 5.10 Å². The molecular weight excluding hydrogens is 406 g/mol. The molecule has 0 spiro atoms. The molecule has 0 radical (unpaired) electrons. The van der Waals surface area contributed by atoms with Crippen LogP contribution in [-0.4, -0.2) is 21.9 Å². The summed E-state index contributed by atoms with van der Waals surface area (Å²) in [5.74, 6) is 0.819. The number of hydrogen-bond acceptors (Lipinski definition) is 3. The van der Waals surface area contributed by atoms with E-state index in [9.17, 15) is 0 Å². The number of rotatable bonds is 4. The van der Waals surface area contributed by atoms with Crippen molar-refractivity contribution < 1.29 is 4.74 Å². The number of fused-ring (bicyclic) bond motifs is 3. The van der Waals surface area contributed by atoms with Crippen LogP contribution in [0, 0.1) is 0 Å². The summed E-state index contributed by atoms with van der Waals surface area (Å²) < 4.78 is 7.32. The zero-order chi connectivity index (χ0) is 22.2. The fraction of sp³-hybridized carbons (Fsp3) is 0.0345. The van der Waals surface area contributed by atoms with Crippen molar-refractivity contribution in [3.8, 4) is 33.7 Å². The van der Waals surface area contributed by atoms with Crippen LogP contribution in [-0.2, 0) is 0 Å². The van der Waals surface area contributed by atoms with Crippen molar-refractivity contribution in [1.82, 2.24) is 14.8 Å². The molecule has 6 rings (SSSR count). The topological polar surface area (TPSA) is 39.9 Å². The lowest BCUT2D eigenvalue weighted by Crippen LogP contribution is -1.98. The molecule has 4 nitrogen and oxygen atoms in total. The zero-order valence-electron chi connectivity index (χ0n) is 18.1. The van der Waals surface area contributed by atoms with Gasteiger partial charge in [-0.1, -0.05) is 60.7 Å². The van der Waals surface area contributed by atoms with E-state index in [-0.39, 0.29) is 0 Å². The van der Waals surface area contributed by atoms with E-state index in [0.717, 1.165) is 49.9 Å². The first kappa shape index (κ1) is 19.3. The molecule has 0 saturated carbocycles. The van der Waals surface area contributed by atoms with Crippen LogP contribution in [0.5, 0.6) is 5.75 Å². The Morgan fingerprint density at radius 2 is 1.39 bits per heavy atom. The van der Waals surface area contributed by atoms with Crippen molar-refractivity contribution >= 4 is 21.8 Å². The number of aromatic nitrogens is 3. The highest BCUT2D eigenvalue weighted by Crippen LogP contribution is 2.37. The second kappa shape index (κ2) is 7.92. The Labute approximate surface area is 191 Å². The summed E-state index contributed by atoms with van der Waals surface area (Å²) in [5.41, 5.74) is 7.55. The van der Waals surface area contributed by atoms with Crippen molar-refractivity contribution in [1.29, 1.82) is 0 Å². The Bertz CT molecular complexity index is 1570. The lowest BCUT2D eigenvalue weighted by molar-refractivity contribution is 0.414. The Morgan fingerprint density at radius 3 is 2.09 bits per heavy atom. The van der Waals surface area contributed by atoms with Crippen LogP contribution in [0.4, 0.5) is 0 Å². The fourth-order valence-electron chi connectivity index (χ4n) is 4.37. The van der Waals surface area contributed by atoms with Gasteiger partial charge in [0.2, 0.25) is 0 Å². The second-order valence-electron chi connectivity index (χ2n) is 7.97. The van der Waals surface area contributed by atoms with Gasteiger partial charge < -0.3 is 4.74 Å². The van der Waals surface area contributed by atoms with Gasteiger partial charge in [-0.3, -0.25) is 4.98 Å². The standard InChI is InChI=1S/C29H21N3O/c1-33-25-14-12-24(13-15-25)32-29-23(19-31-32)18-30-28-26(21-10-6-3-7-11-21)16-22(17-27(28)29)20-8-4-2-5-9-20/h2-19H,1H3. The molecular formula is C29H21N3O. The van der Waals surface area contributed by atoms with Crippen LogP contribution in [0.3, 0.4) is 0 Å². The van der Waals surface area contributed by atoms with Gasteiger partial charge in [-0.05, 0) is 53.1 Å². The van der Waals surface area contributed by atoms with E-state index >= 15 is 0 Å². The van der Waals surface area contributed by atoms with Gasteiger partial charge in [0.25, 0.3) is 0 Å². The number of nitrogens with zero attached hydrogens (tertiary/aromatic N) is 3. The average Bonchev–Trinajstić information content (AvgIpc) is 3.34. The molecule has 0 atom stereocenters. The van der Waals surface area contributed by atoms with Gasteiger partial charge in [0.05, 0.1) is 30.0 Å². The van der Waals surface area contributed by atoms with Crippen LogP contribution in [0.25, 0.3) is 49.7 Å². The third kappa shape index (κ3) is 3.33. The van der Waals surface area contributed by atoms with Crippen molar-refractivity contribution in [3.63, 3.8) is 0 Å². The second-order valence-corrected chi connectivity index (χ2v) is 7.97. The highest BCUT2D eigenvalue weighted by atomic mass is 16.5. The van der Waals surface area contributed by atoms with E-state index in [0.29, 0.717) is 0 Å². The molecule has 2 heterocycles. The molecule has 4 aromatic carbocycles. The van der Waals surface area contributed by atoms with E-state index in [4.69, 9.17) is 14.8 Å². The van der Waals surface area contributed by atoms with E-state index in [2.05, 4.69) is 60.7 Å². The monoisotopic (exact) mass is 427 g/mol. The van der Waals surface area contributed by atoms with Gasteiger partial charge in [-0.15, -0.1) is 0 Å². The van der Waals surface area contributed by atoms with Crippen LogP contribution in [0.1, 0.15) is 0 Å². The van der Waals surface area contributed by atoms with E-state index in [1.165, 1.54) is 5.56 Å². The fourth-order valence-corrected chi connectivity index (χ4v) is 4.37. The molecule has 0 unspecified atom stereocenters. The van der Waals surface area contributed by atoms with Crippen molar-refractivity contribution in [2.45, 2.75) is 0 Å². The Morgan fingerprint density at radius 1 is 0.697 bits per heavy atom. The van der Waals surface area contributed by atoms with Crippen molar-refractivity contribution in [2.75, 3.05) is 7.11 Å². The van der Waals surface area contributed by atoms with E-state index in [1.54, 1.807) is 7.11 Å². The largest absolute Gasteiger partial charge is 0.497 e. The Kier molecular flexibility index (Phi) is 4.62. The van der Waals surface area contributed by atoms with Crippen LogP contribution < -0.4 is 4.74 Å². The highest BCUT2D eigenvalue weighted by molar-refractivity contribution is 6.10.